The second-order valence-corrected chi connectivity index (χ2v) is 4.45. The van der Waals surface area contributed by atoms with Crippen molar-refractivity contribution >= 4 is 24.7 Å². The second-order valence-electron chi connectivity index (χ2n) is 4.45. The molecule has 0 N–H and O–H groups in total. The van der Waals surface area contributed by atoms with Crippen LogP contribution in [0.3, 0.4) is 0 Å². The smallest absolute Gasteiger partial charge is 0.225 e. The summed E-state index contributed by atoms with van der Waals surface area (Å²) < 4.78 is 0. The van der Waals surface area contributed by atoms with Gasteiger partial charge in [0.15, 0.2) is 0 Å². The number of carbonyl (C=O) groups is 2. The van der Waals surface area contributed by atoms with Gasteiger partial charge in [0.1, 0.15) is 0 Å². The number of amides is 2. The molecule has 92 valence electrons. The molecule has 2 aliphatic rings. The van der Waals surface area contributed by atoms with E-state index < -0.39 is 0 Å². The van der Waals surface area contributed by atoms with E-state index in [1.807, 2.05) is 4.90 Å². The molecule has 0 bridgehead atoms. The Morgan fingerprint density at radius 3 is 2.12 bits per heavy atom. The van der Waals surface area contributed by atoms with Crippen molar-refractivity contribution in [2.75, 3.05) is 26.2 Å². The third-order valence-corrected chi connectivity index (χ3v) is 3.48. The van der Waals surface area contributed by atoms with Crippen LogP contribution in [0.1, 0.15) is 25.7 Å². The van der Waals surface area contributed by atoms with Crippen molar-refractivity contribution in [1.82, 2.24) is 9.80 Å². The van der Waals surface area contributed by atoms with Crippen LogP contribution < -0.4 is 0 Å². The molecule has 0 spiro atoms. The van der Waals surface area contributed by atoms with Crippen LogP contribution in [0.15, 0.2) is 0 Å². The Hall–Kier alpha value is -0.770. The minimum Gasteiger partial charge on any atom is -0.342 e. The van der Waals surface area contributed by atoms with Crippen molar-refractivity contribution in [3.8, 4) is 0 Å². The fourth-order valence-corrected chi connectivity index (χ4v) is 2.48. The molecule has 1 aliphatic heterocycles. The Morgan fingerprint density at radius 1 is 1.06 bits per heavy atom. The number of hydrogen-bond donors (Lipinski definition) is 0. The lowest BCUT2D eigenvalue weighted by Crippen LogP contribution is -2.49. The van der Waals surface area contributed by atoms with Crippen molar-refractivity contribution in [2.24, 2.45) is 5.92 Å². The minimum atomic E-state index is 0. The summed E-state index contributed by atoms with van der Waals surface area (Å²) >= 11 is 0. The summed E-state index contributed by atoms with van der Waals surface area (Å²) in [7, 11) is 0. The van der Waals surface area contributed by atoms with Crippen molar-refractivity contribution in [3.05, 3.63) is 0 Å². The van der Waals surface area contributed by atoms with E-state index in [0.29, 0.717) is 32.1 Å². The van der Waals surface area contributed by atoms with Gasteiger partial charge >= 0.3 is 0 Å². The molecule has 1 heterocycles. The summed E-state index contributed by atoms with van der Waals surface area (Å²) in [5, 5.41) is 0. The SMILES string of the molecule is Cl.O=CN1CCN(C(=O)C2CCCC2)CC1. The average molecular weight is 247 g/mol. The number of rotatable bonds is 2. The van der Waals surface area contributed by atoms with Gasteiger partial charge in [0.2, 0.25) is 12.3 Å². The van der Waals surface area contributed by atoms with Gasteiger partial charge in [-0.2, -0.15) is 0 Å². The highest BCUT2D eigenvalue weighted by atomic mass is 35.5. The van der Waals surface area contributed by atoms with Gasteiger partial charge in [0.05, 0.1) is 0 Å². The quantitative estimate of drug-likeness (QED) is 0.680. The molecular weight excluding hydrogens is 228 g/mol. The Balaban J connectivity index is 0.00000128. The zero-order chi connectivity index (χ0) is 10.7. The maximum Gasteiger partial charge on any atom is 0.225 e. The topological polar surface area (TPSA) is 40.6 Å². The van der Waals surface area contributed by atoms with Crippen LogP contribution in [0.25, 0.3) is 0 Å². The van der Waals surface area contributed by atoms with Gasteiger partial charge < -0.3 is 9.80 Å². The average Bonchev–Trinajstić information content (AvgIpc) is 2.82. The van der Waals surface area contributed by atoms with Crippen LogP contribution in [-0.2, 0) is 9.59 Å². The maximum absolute atomic E-state index is 12.0. The lowest BCUT2D eigenvalue weighted by atomic mass is 10.1. The standard InChI is InChI=1S/C11H18N2O2.ClH/c14-9-12-5-7-13(8-6-12)11(15)10-3-1-2-4-10;/h9-10H,1-8H2;1H. The van der Waals surface area contributed by atoms with Gasteiger partial charge in [0, 0.05) is 32.1 Å². The monoisotopic (exact) mass is 246 g/mol. The van der Waals surface area contributed by atoms with Crippen LogP contribution >= 0.6 is 12.4 Å². The Bertz CT molecular complexity index is 246. The summed E-state index contributed by atoms with van der Waals surface area (Å²) in [4.78, 5) is 26.2. The summed E-state index contributed by atoms with van der Waals surface area (Å²) in [5.74, 6) is 0.589. The summed E-state index contributed by atoms with van der Waals surface area (Å²) in [6.07, 6.45) is 5.40. The van der Waals surface area contributed by atoms with Crippen LogP contribution in [0.4, 0.5) is 0 Å². The molecule has 0 atom stereocenters. The van der Waals surface area contributed by atoms with Gasteiger partial charge in [-0.05, 0) is 12.8 Å². The molecule has 0 aromatic carbocycles. The van der Waals surface area contributed by atoms with Crippen LogP contribution in [-0.4, -0.2) is 48.3 Å². The Kier molecular flexibility index (Phi) is 5.06. The fourth-order valence-electron chi connectivity index (χ4n) is 2.48. The van der Waals surface area contributed by atoms with Gasteiger partial charge in [-0.15, -0.1) is 12.4 Å². The molecule has 16 heavy (non-hydrogen) atoms. The zero-order valence-electron chi connectivity index (χ0n) is 9.43. The highest BCUT2D eigenvalue weighted by Crippen LogP contribution is 2.26. The molecule has 4 nitrogen and oxygen atoms in total. The van der Waals surface area contributed by atoms with Gasteiger partial charge in [-0.1, -0.05) is 12.8 Å². The number of hydrogen-bond acceptors (Lipinski definition) is 2. The van der Waals surface area contributed by atoms with Crippen LogP contribution in [0.2, 0.25) is 0 Å². The highest BCUT2D eigenvalue weighted by molar-refractivity contribution is 5.85. The first-order valence-corrected chi connectivity index (χ1v) is 5.79. The highest BCUT2D eigenvalue weighted by Gasteiger charge is 2.28. The van der Waals surface area contributed by atoms with Crippen molar-refractivity contribution in [3.63, 3.8) is 0 Å². The molecule has 0 aromatic heterocycles. The molecule has 1 saturated heterocycles. The lowest BCUT2D eigenvalue weighted by molar-refractivity contribution is -0.138. The van der Waals surface area contributed by atoms with E-state index in [1.54, 1.807) is 4.90 Å². The molecule has 5 heteroatoms. The van der Waals surface area contributed by atoms with Gasteiger partial charge in [-0.3, -0.25) is 9.59 Å². The summed E-state index contributed by atoms with van der Waals surface area (Å²) in [6, 6.07) is 0. The number of halogens is 1. The van der Waals surface area contributed by atoms with Gasteiger partial charge in [0.25, 0.3) is 0 Å². The molecular formula is C11H19ClN2O2. The normalized spacial score (nSPS) is 21.8. The van der Waals surface area contributed by atoms with E-state index in [0.717, 1.165) is 19.3 Å². The van der Waals surface area contributed by atoms with E-state index in [1.165, 1.54) is 12.8 Å². The zero-order valence-corrected chi connectivity index (χ0v) is 10.2. The van der Waals surface area contributed by atoms with Crippen LogP contribution in [0, 0.1) is 5.92 Å². The molecule has 0 unspecified atom stereocenters. The second kappa shape index (κ2) is 6.09. The van der Waals surface area contributed by atoms with E-state index in [2.05, 4.69) is 0 Å². The molecule has 1 aliphatic carbocycles. The predicted molar refractivity (Wildman–Crippen MR) is 63.4 cm³/mol. The summed E-state index contributed by atoms with van der Waals surface area (Å²) in [6.45, 7) is 2.83. The first-order valence-electron chi connectivity index (χ1n) is 5.79. The summed E-state index contributed by atoms with van der Waals surface area (Å²) in [5.41, 5.74) is 0. The Morgan fingerprint density at radius 2 is 1.62 bits per heavy atom. The number of carbonyl (C=O) groups excluding carboxylic acids is 2. The van der Waals surface area contributed by atoms with Gasteiger partial charge in [-0.25, -0.2) is 0 Å². The van der Waals surface area contributed by atoms with Crippen molar-refractivity contribution in [2.45, 2.75) is 25.7 Å². The molecule has 0 radical (unpaired) electrons. The van der Waals surface area contributed by atoms with Crippen molar-refractivity contribution < 1.29 is 9.59 Å². The largest absolute Gasteiger partial charge is 0.342 e. The van der Waals surface area contributed by atoms with Crippen molar-refractivity contribution in [1.29, 1.82) is 0 Å². The molecule has 2 rings (SSSR count). The molecule has 2 fully saturated rings. The third kappa shape index (κ3) is 2.88. The molecule has 2 amide bonds. The fraction of sp³-hybridized carbons (Fsp3) is 0.818. The predicted octanol–water partition coefficient (Wildman–Crippen LogP) is 0.899. The van der Waals surface area contributed by atoms with E-state index in [9.17, 15) is 9.59 Å². The van der Waals surface area contributed by atoms with E-state index in [-0.39, 0.29) is 18.3 Å². The molecule has 0 aromatic rings. The minimum absolute atomic E-state index is 0. The first kappa shape index (κ1) is 13.3. The number of nitrogens with zero attached hydrogens (tertiary/aromatic N) is 2. The first-order chi connectivity index (χ1) is 7.31. The maximum atomic E-state index is 12.0. The van der Waals surface area contributed by atoms with Crippen LogP contribution in [0.5, 0.6) is 0 Å². The Labute approximate surface area is 102 Å². The van der Waals surface area contributed by atoms with E-state index >= 15 is 0 Å². The lowest BCUT2D eigenvalue weighted by Gasteiger charge is -2.34. The molecule has 1 saturated carbocycles. The third-order valence-electron chi connectivity index (χ3n) is 3.48. The number of piperazine rings is 1. The van der Waals surface area contributed by atoms with E-state index in [4.69, 9.17) is 0 Å².